The van der Waals surface area contributed by atoms with E-state index in [0.717, 1.165) is 39.0 Å². The average Bonchev–Trinajstić information content (AvgIpc) is 3.45. The summed E-state index contributed by atoms with van der Waals surface area (Å²) >= 11 is 0. The highest BCUT2D eigenvalue weighted by Crippen LogP contribution is 2.47. The summed E-state index contributed by atoms with van der Waals surface area (Å²) < 4.78 is 6.51. The number of furan rings is 1. The number of anilines is 3. The molecule has 0 radical (unpaired) electrons. The standard InChI is InChI=1S/C40H25NO/c1-2-13-30(14-3-1)41(34-18-9-19-35-40(34)39-32-16-7-5-11-27(32)24-25-36(39)42-35)33-17-8-12-28-22-23-29-21-20-26-10-4-6-15-31(26)37(29)38(28)33/h1-25H. The zero-order valence-corrected chi connectivity index (χ0v) is 22.8. The number of para-hydroxylation sites is 1. The van der Waals surface area contributed by atoms with Crippen molar-refractivity contribution in [2.24, 2.45) is 0 Å². The summed E-state index contributed by atoms with van der Waals surface area (Å²) in [4.78, 5) is 2.42. The van der Waals surface area contributed by atoms with Gasteiger partial charge < -0.3 is 9.32 Å². The molecule has 2 nitrogen and oxygen atoms in total. The van der Waals surface area contributed by atoms with Crippen LogP contribution < -0.4 is 4.90 Å². The van der Waals surface area contributed by atoms with Crippen LogP contribution in [0, 0.1) is 0 Å². The molecule has 9 rings (SSSR count). The fraction of sp³-hybridized carbons (Fsp3) is 0. The average molecular weight is 536 g/mol. The molecule has 0 unspecified atom stereocenters. The van der Waals surface area contributed by atoms with Crippen LogP contribution in [0.15, 0.2) is 156 Å². The predicted molar refractivity (Wildman–Crippen MR) is 178 cm³/mol. The first-order chi connectivity index (χ1) is 20.8. The smallest absolute Gasteiger partial charge is 0.137 e. The van der Waals surface area contributed by atoms with E-state index < -0.39 is 0 Å². The molecule has 0 saturated heterocycles. The van der Waals surface area contributed by atoms with Gasteiger partial charge in [-0.1, -0.05) is 115 Å². The van der Waals surface area contributed by atoms with E-state index in [9.17, 15) is 0 Å². The molecular weight excluding hydrogens is 510 g/mol. The Kier molecular flexibility index (Phi) is 4.93. The monoisotopic (exact) mass is 535 g/mol. The maximum absolute atomic E-state index is 6.51. The molecule has 196 valence electrons. The molecular formula is C40H25NO. The lowest BCUT2D eigenvalue weighted by Crippen LogP contribution is -2.11. The molecule has 0 bridgehead atoms. The van der Waals surface area contributed by atoms with Gasteiger partial charge >= 0.3 is 0 Å². The van der Waals surface area contributed by atoms with E-state index in [1.54, 1.807) is 0 Å². The third-order valence-electron chi connectivity index (χ3n) is 8.59. The van der Waals surface area contributed by atoms with Gasteiger partial charge in [0.25, 0.3) is 0 Å². The number of nitrogens with zero attached hydrogens (tertiary/aromatic N) is 1. The second kappa shape index (κ2) is 8.95. The summed E-state index contributed by atoms with van der Waals surface area (Å²) in [5.41, 5.74) is 5.12. The van der Waals surface area contributed by atoms with Crippen LogP contribution in [-0.2, 0) is 0 Å². The lowest BCUT2D eigenvalue weighted by Gasteiger charge is -2.28. The van der Waals surface area contributed by atoms with Gasteiger partial charge in [0.15, 0.2) is 0 Å². The Labute approximate surface area is 242 Å². The van der Waals surface area contributed by atoms with Crippen LogP contribution in [0.2, 0.25) is 0 Å². The SMILES string of the molecule is c1ccc(N(c2cccc3ccc4ccc5ccccc5c4c23)c2cccc3oc4ccc5ccccc5c4c23)cc1. The van der Waals surface area contributed by atoms with E-state index in [4.69, 9.17) is 4.42 Å². The molecule has 1 heterocycles. The highest BCUT2D eigenvalue weighted by Gasteiger charge is 2.22. The molecule has 0 N–H and O–H groups in total. The van der Waals surface area contributed by atoms with Gasteiger partial charge in [0, 0.05) is 16.5 Å². The van der Waals surface area contributed by atoms with Crippen molar-refractivity contribution in [2.75, 3.05) is 4.90 Å². The van der Waals surface area contributed by atoms with Gasteiger partial charge in [0.2, 0.25) is 0 Å². The molecule has 2 heteroatoms. The predicted octanol–water partition coefficient (Wildman–Crippen LogP) is 11.7. The second-order valence-corrected chi connectivity index (χ2v) is 10.9. The first-order valence-electron chi connectivity index (χ1n) is 14.4. The highest BCUT2D eigenvalue weighted by atomic mass is 16.3. The van der Waals surface area contributed by atoms with E-state index in [1.807, 2.05) is 0 Å². The first kappa shape index (κ1) is 23.1. The fourth-order valence-corrected chi connectivity index (χ4v) is 6.78. The van der Waals surface area contributed by atoms with Crippen LogP contribution in [0.4, 0.5) is 17.1 Å². The van der Waals surface area contributed by atoms with Crippen LogP contribution in [0.1, 0.15) is 0 Å². The van der Waals surface area contributed by atoms with Crippen LogP contribution in [-0.4, -0.2) is 0 Å². The van der Waals surface area contributed by atoms with E-state index in [1.165, 1.54) is 43.1 Å². The molecule has 0 aliphatic carbocycles. The number of hydrogen-bond acceptors (Lipinski definition) is 2. The lowest BCUT2D eigenvalue weighted by molar-refractivity contribution is 0.669. The minimum Gasteiger partial charge on any atom is -0.456 e. The summed E-state index contributed by atoms with van der Waals surface area (Å²) in [7, 11) is 0. The third-order valence-corrected chi connectivity index (χ3v) is 8.59. The second-order valence-electron chi connectivity index (χ2n) is 10.9. The van der Waals surface area contributed by atoms with Crippen molar-refractivity contribution >= 4 is 82.1 Å². The summed E-state index contributed by atoms with van der Waals surface area (Å²) in [5.74, 6) is 0. The molecule has 42 heavy (non-hydrogen) atoms. The Morgan fingerprint density at radius 3 is 1.62 bits per heavy atom. The molecule has 8 aromatic carbocycles. The normalized spacial score (nSPS) is 11.8. The molecule has 0 spiro atoms. The van der Waals surface area contributed by atoms with Crippen molar-refractivity contribution in [3.63, 3.8) is 0 Å². The van der Waals surface area contributed by atoms with Gasteiger partial charge in [0.05, 0.1) is 16.8 Å². The Morgan fingerprint density at radius 1 is 0.333 bits per heavy atom. The Balaban J connectivity index is 1.47. The zero-order chi connectivity index (χ0) is 27.6. The molecule has 1 aromatic heterocycles. The van der Waals surface area contributed by atoms with Crippen LogP contribution >= 0.6 is 0 Å². The van der Waals surface area contributed by atoms with Gasteiger partial charge in [-0.25, -0.2) is 0 Å². The van der Waals surface area contributed by atoms with Crippen molar-refractivity contribution in [1.82, 2.24) is 0 Å². The molecule has 0 aliphatic rings. The van der Waals surface area contributed by atoms with Gasteiger partial charge in [-0.3, -0.25) is 0 Å². The Hall–Kier alpha value is -5.60. The van der Waals surface area contributed by atoms with Gasteiger partial charge in [-0.2, -0.15) is 0 Å². The maximum atomic E-state index is 6.51. The Bertz CT molecular complexity index is 2470. The van der Waals surface area contributed by atoms with Crippen molar-refractivity contribution in [3.8, 4) is 0 Å². The molecule has 0 atom stereocenters. The van der Waals surface area contributed by atoms with Crippen molar-refractivity contribution in [1.29, 1.82) is 0 Å². The number of rotatable bonds is 3. The highest BCUT2D eigenvalue weighted by molar-refractivity contribution is 6.27. The van der Waals surface area contributed by atoms with Crippen molar-refractivity contribution in [3.05, 3.63) is 152 Å². The summed E-state index contributed by atoms with van der Waals surface area (Å²) in [6.07, 6.45) is 0. The van der Waals surface area contributed by atoms with E-state index in [2.05, 4.69) is 157 Å². The summed E-state index contributed by atoms with van der Waals surface area (Å²) in [6, 6.07) is 54.3. The van der Waals surface area contributed by atoms with Crippen LogP contribution in [0.5, 0.6) is 0 Å². The molecule has 0 amide bonds. The number of fused-ring (bicyclic) bond motifs is 10. The van der Waals surface area contributed by atoms with E-state index >= 15 is 0 Å². The third kappa shape index (κ3) is 3.33. The lowest BCUT2D eigenvalue weighted by atomic mass is 9.94. The number of benzene rings is 8. The van der Waals surface area contributed by atoms with Gasteiger partial charge in [0.1, 0.15) is 11.2 Å². The van der Waals surface area contributed by atoms with Crippen molar-refractivity contribution < 1.29 is 4.42 Å². The molecule has 0 fully saturated rings. The summed E-state index contributed by atoms with van der Waals surface area (Å²) in [5, 5.41) is 12.1. The van der Waals surface area contributed by atoms with E-state index in [0.29, 0.717) is 0 Å². The first-order valence-corrected chi connectivity index (χ1v) is 14.4. The van der Waals surface area contributed by atoms with E-state index in [-0.39, 0.29) is 0 Å². The molecule has 0 saturated carbocycles. The minimum atomic E-state index is 0.885. The quantitative estimate of drug-likeness (QED) is 0.209. The van der Waals surface area contributed by atoms with Crippen LogP contribution in [0.25, 0.3) is 65.0 Å². The van der Waals surface area contributed by atoms with Gasteiger partial charge in [-0.05, 0) is 74.1 Å². The minimum absolute atomic E-state index is 0.885. The maximum Gasteiger partial charge on any atom is 0.137 e. The molecule has 0 aliphatic heterocycles. The summed E-state index contributed by atoms with van der Waals surface area (Å²) in [6.45, 7) is 0. The van der Waals surface area contributed by atoms with Crippen molar-refractivity contribution in [2.45, 2.75) is 0 Å². The number of hydrogen-bond donors (Lipinski definition) is 0. The topological polar surface area (TPSA) is 16.4 Å². The van der Waals surface area contributed by atoms with Crippen LogP contribution in [0.3, 0.4) is 0 Å². The zero-order valence-electron chi connectivity index (χ0n) is 22.8. The van der Waals surface area contributed by atoms with Gasteiger partial charge in [-0.15, -0.1) is 0 Å². The molecule has 9 aromatic rings. The largest absolute Gasteiger partial charge is 0.456 e. The Morgan fingerprint density at radius 2 is 0.857 bits per heavy atom. The fourth-order valence-electron chi connectivity index (χ4n) is 6.78.